The first-order valence-corrected chi connectivity index (χ1v) is 8.83. The topological polar surface area (TPSA) is 56.8 Å². The fourth-order valence-corrected chi connectivity index (χ4v) is 2.71. The summed E-state index contributed by atoms with van der Waals surface area (Å²) in [5, 5.41) is 2.93. The SMILES string of the molecule is CC(C)Oc1ccc(NC(=O)C2(C)COC(c3ccccc3)OC2)cc1. The molecule has 26 heavy (non-hydrogen) atoms. The third-order valence-electron chi connectivity index (χ3n) is 4.21. The van der Waals surface area contributed by atoms with Gasteiger partial charge in [0.15, 0.2) is 6.29 Å². The summed E-state index contributed by atoms with van der Waals surface area (Å²) in [7, 11) is 0. The molecule has 1 N–H and O–H groups in total. The molecule has 2 aromatic rings. The van der Waals surface area contributed by atoms with Crippen molar-refractivity contribution in [3.63, 3.8) is 0 Å². The molecule has 0 aromatic heterocycles. The molecule has 5 nitrogen and oxygen atoms in total. The van der Waals surface area contributed by atoms with Crippen LogP contribution in [0.1, 0.15) is 32.6 Å². The Morgan fingerprint density at radius 1 is 1.08 bits per heavy atom. The zero-order valence-electron chi connectivity index (χ0n) is 15.4. The Balaban J connectivity index is 1.58. The van der Waals surface area contributed by atoms with Gasteiger partial charge >= 0.3 is 0 Å². The van der Waals surface area contributed by atoms with Crippen LogP contribution in [0.3, 0.4) is 0 Å². The Labute approximate surface area is 154 Å². The molecule has 1 saturated heterocycles. The third kappa shape index (κ3) is 4.42. The summed E-state index contributed by atoms with van der Waals surface area (Å²) in [6.45, 7) is 6.39. The molecule has 1 amide bonds. The lowest BCUT2D eigenvalue weighted by atomic mass is 9.90. The highest BCUT2D eigenvalue weighted by atomic mass is 16.7. The van der Waals surface area contributed by atoms with Gasteiger partial charge in [-0.15, -0.1) is 0 Å². The quantitative estimate of drug-likeness (QED) is 0.875. The number of hydrogen-bond acceptors (Lipinski definition) is 4. The van der Waals surface area contributed by atoms with Crippen LogP contribution in [0.4, 0.5) is 5.69 Å². The molecule has 1 heterocycles. The first-order valence-electron chi connectivity index (χ1n) is 8.83. The van der Waals surface area contributed by atoms with Crippen molar-refractivity contribution in [1.29, 1.82) is 0 Å². The number of benzene rings is 2. The van der Waals surface area contributed by atoms with Crippen LogP contribution in [-0.2, 0) is 14.3 Å². The van der Waals surface area contributed by atoms with Crippen LogP contribution in [0.5, 0.6) is 5.75 Å². The van der Waals surface area contributed by atoms with Crippen LogP contribution in [0.25, 0.3) is 0 Å². The van der Waals surface area contributed by atoms with E-state index in [1.807, 2.05) is 75.4 Å². The number of anilines is 1. The van der Waals surface area contributed by atoms with Crippen molar-refractivity contribution in [1.82, 2.24) is 0 Å². The smallest absolute Gasteiger partial charge is 0.234 e. The van der Waals surface area contributed by atoms with Crippen molar-refractivity contribution in [3.05, 3.63) is 60.2 Å². The molecule has 5 heteroatoms. The minimum atomic E-state index is -0.738. The average molecular weight is 355 g/mol. The van der Waals surface area contributed by atoms with E-state index in [4.69, 9.17) is 14.2 Å². The summed E-state index contributed by atoms with van der Waals surface area (Å²) in [4.78, 5) is 12.7. The zero-order valence-corrected chi connectivity index (χ0v) is 15.4. The van der Waals surface area contributed by atoms with Crippen molar-refractivity contribution in [3.8, 4) is 5.75 Å². The van der Waals surface area contributed by atoms with Gasteiger partial charge in [-0.25, -0.2) is 0 Å². The van der Waals surface area contributed by atoms with Gasteiger partial charge in [-0.05, 0) is 45.0 Å². The minimum Gasteiger partial charge on any atom is -0.491 e. The van der Waals surface area contributed by atoms with Crippen molar-refractivity contribution in [2.45, 2.75) is 33.2 Å². The highest BCUT2D eigenvalue weighted by molar-refractivity contribution is 5.95. The van der Waals surface area contributed by atoms with Crippen LogP contribution < -0.4 is 10.1 Å². The maximum absolute atomic E-state index is 12.7. The maximum atomic E-state index is 12.7. The molecule has 2 aromatic carbocycles. The number of amides is 1. The van der Waals surface area contributed by atoms with Crippen LogP contribution in [0.15, 0.2) is 54.6 Å². The highest BCUT2D eigenvalue weighted by Crippen LogP contribution is 2.32. The molecule has 0 bridgehead atoms. The lowest BCUT2D eigenvalue weighted by Crippen LogP contribution is -2.45. The highest BCUT2D eigenvalue weighted by Gasteiger charge is 2.39. The average Bonchev–Trinajstić information content (AvgIpc) is 2.64. The number of carbonyl (C=O) groups is 1. The number of nitrogens with one attached hydrogen (secondary N) is 1. The van der Waals surface area contributed by atoms with Gasteiger partial charge in [0.05, 0.1) is 24.7 Å². The zero-order chi connectivity index (χ0) is 18.6. The summed E-state index contributed by atoms with van der Waals surface area (Å²) in [5.41, 5.74) is 0.937. The van der Waals surface area contributed by atoms with E-state index in [-0.39, 0.29) is 12.0 Å². The Bertz CT molecular complexity index is 719. The molecular weight excluding hydrogens is 330 g/mol. The summed E-state index contributed by atoms with van der Waals surface area (Å²) in [6.07, 6.45) is -0.312. The maximum Gasteiger partial charge on any atom is 0.234 e. The van der Waals surface area contributed by atoms with E-state index >= 15 is 0 Å². The Hall–Kier alpha value is -2.37. The van der Waals surface area contributed by atoms with Gasteiger partial charge in [0.1, 0.15) is 5.75 Å². The van der Waals surface area contributed by atoms with E-state index in [1.54, 1.807) is 0 Å². The van der Waals surface area contributed by atoms with E-state index < -0.39 is 11.7 Å². The van der Waals surface area contributed by atoms with Crippen LogP contribution in [0, 0.1) is 5.41 Å². The van der Waals surface area contributed by atoms with Crippen molar-refractivity contribution >= 4 is 11.6 Å². The Morgan fingerprint density at radius 2 is 1.69 bits per heavy atom. The van der Waals surface area contributed by atoms with Gasteiger partial charge in [-0.3, -0.25) is 4.79 Å². The van der Waals surface area contributed by atoms with Gasteiger partial charge in [-0.1, -0.05) is 30.3 Å². The molecular formula is C21H25NO4. The molecule has 0 aliphatic carbocycles. The lowest BCUT2D eigenvalue weighted by molar-refractivity contribution is -0.226. The second kappa shape index (κ2) is 7.89. The van der Waals surface area contributed by atoms with Crippen molar-refractivity contribution in [2.75, 3.05) is 18.5 Å². The summed E-state index contributed by atoms with van der Waals surface area (Å²) in [5.74, 6) is 0.654. The molecule has 0 unspecified atom stereocenters. The van der Waals surface area contributed by atoms with Gasteiger partial charge in [0.2, 0.25) is 5.91 Å². The van der Waals surface area contributed by atoms with Gasteiger partial charge in [-0.2, -0.15) is 0 Å². The number of ether oxygens (including phenoxy) is 3. The van der Waals surface area contributed by atoms with E-state index in [9.17, 15) is 4.79 Å². The molecule has 0 saturated carbocycles. The number of carbonyl (C=O) groups excluding carboxylic acids is 1. The van der Waals surface area contributed by atoms with Crippen molar-refractivity contribution < 1.29 is 19.0 Å². The van der Waals surface area contributed by atoms with Crippen LogP contribution in [-0.4, -0.2) is 25.2 Å². The van der Waals surface area contributed by atoms with Gasteiger partial charge < -0.3 is 19.5 Å². The second-order valence-electron chi connectivity index (χ2n) is 7.07. The Morgan fingerprint density at radius 3 is 2.27 bits per heavy atom. The monoisotopic (exact) mass is 355 g/mol. The molecule has 3 rings (SSSR count). The first-order chi connectivity index (χ1) is 12.5. The summed E-state index contributed by atoms with van der Waals surface area (Å²) < 4.78 is 17.2. The van der Waals surface area contributed by atoms with Crippen LogP contribution >= 0.6 is 0 Å². The van der Waals surface area contributed by atoms with Gasteiger partial charge in [0, 0.05) is 11.3 Å². The second-order valence-corrected chi connectivity index (χ2v) is 7.07. The lowest BCUT2D eigenvalue weighted by Gasteiger charge is -2.36. The third-order valence-corrected chi connectivity index (χ3v) is 4.21. The first kappa shape index (κ1) is 18.4. The fourth-order valence-electron chi connectivity index (χ4n) is 2.71. The molecule has 138 valence electrons. The predicted molar refractivity (Wildman–Crippen MR) is 100 cm³/mol. The van der Waals surface area contributed by atoms with E-state index in [2.05, 4.69) is 5.32 Å². The van der Waals surface area contributed by atoms with Crippen molar-refractivity contribution in [2.24, 2.45) is 5.41 Å². The molecule has 1 aliphatic heterocycles. The number of hydrogen-bond donors (Lipinski definition) is 1. The molecule has 1 fully saturated rings. The standard InChI is InChI=1S/C21H25NO4/c1-15(2)26-18-11-9-17(10-12-18)22-20(23)21(3)13-24-19(25-14-21)16-7-5-4-6-8-16/h4-12,15,19H,13-14H2,1-3H3,(H,22,23). The van der Waals surface area contributed by atoms with E-state index in [0.717, 1.165) is 17.0 Å². The summed E-state index contributed by atoms with van der Waals surface area (Å²) in [6, 6.07) is 17.1. The van der Waals surface area contributed by atoms with E-state index in [1.165, 1.54) is 0 Å². The van der Waals surface area contributed by atoms with E-state index in [0.29, 0.717) is 13.2 Å². The molecule has 1 aliphatic rings. The van der Waals surface area contributed by atoms with Crippen LogP contribution in [0.2, 0.25) is 0 Å². The normalized spacial score (nSPS) is 22.8. The number of rotatable bonds is 5. The summed E-state index contributed by atoms with van der Waals surface area (Å²) >= 11 is 0. The fraction of sp³-hybridized carbons (Fsp3) is 0.381. The Kier molecular flexibility index (Phi) is 5.59. The molecule has 0 spiro atoms. The van der Waals surface area contributed by atoms with Gasteiger partial charge in [0.25, 0.3) is 0 Å². The molecule has 0 atom stereocenters. The minimum absolute atomic E-state index is 0.114. The molecule has 0 radical (unpaired) electrons. The predicted octanol–water partition coefficient (Wildman–Crippen LogP) is 4.16. The largest absolute Gasteiger partial charge is 0.491 e.